The zero-order valence-corrected chi connectivity index (χ0v) is 19.4. The lowest BCUT2D eigenvalue weighted by atomic mass is 10.1. The van der Waals surface area contributed by atoms with Crippen LogP contribution in [0.15, 0.2) is 54.6 Å². The molecule has 0 bridgehead atoms. The predicted octanol–water partition coefficient (Wildman–Crippen LogP) is 1.77. The van der Waals surface area contributed by atoms with Gasteiger partial charge in [0.25, 0.3) is 0 Å². The molecule has 0 radical (unpaired) electrons. The highest BCUT2D eigenvalue weighted by Crippen LogP contribution is 2.20. The SMILES string of the molecule is CNC(=O)[C@@H](C)N(Cc1ccc(C)cc1)C(=O)CN(c1ccccc1)S(=O)(=O)N(C)C. The summed E-state index contributed by atoms with van der Waals surface area (Å²) >= 11 is 0. The van der Waals surface area contributed by atoms with Gasteiger partial charge in [-0.15, -0.1) is 0 Å². The number of para-hydroxylation sites is 1. The van der Waals surface area contributed by atoms with Crippen molar-refractivity contribution in [3.8, 4) is 0 Å². The second-order valence-corrected chi connectivity index (χ2v) is 9.50. The van der Waals surface area contributed by atoms with E-state index < -0.39 is 28.7 Å². The highest BCUT2D eigenvalue weighted by atomic mass is 32.2. The molecule has 0 aromatic heterocycles. The number of nitrogens with zero attached hydrogens (tertiary/aromatic N) is 3. The second kappa shape index (κ2) is 10.4. The van der Waals surface area contributed by atoms with Gasteiger partial charge in [0.05, 0.1) is 5.69 Å². The van der Waals surface area contributed by atoms with Gasteiger partial charge in [0, 0.05) is 27.7 Å². The molecule has 0 unspecified atom stereocenters. The molecule has 9 heteroatoms. The molecule has 0 aliphatic heterocycles. The average molecular weight is 447 g/mol. The average Bonchev–Trinajstić information content (AvgIpc) is 2.76. The van der Waals surface area contributed by atoms with Gasteiger partial charge in [0.15, 0.2) is 0 Å². The van der Waals surface area contributed by atoms with E-state index in [4.69, 9.17) is 0 Å². The van der Waals surface area contributed by atoms with Crippen LogP contribution < -0.4 is 9.62 Å². The number of hydrogen-bond acceptors (Lipinski definition) is 4. The molecule has 0 saturated heterocycles. The standard InChI is InChI=1S/C22H30N4O4S/c1-17-11-13-19(14-12-17)15-25(18(2)22(28)23-3)21(27)16-26(31(29,30)24(4)5)20-9-7-6-8-10-20/h6-14,18H,15-16H2,1-5H3,(H,23,28)/t18-/m1/s1. The number of rotatable bonds is 9. The number of aryl methyl sites for hydroxylation is 1. The topological polar surface area (TPSA) is 90.0 Å². The van der Waals surface area contributed by atoms with Crippen molar-refractivity contribution in [3.63, 3.8) is 0 Å². The second-order valence-electron chi connectivity index (χ2n) is 7.43. The third-order valence-corrected chi connectivity index (χ3v) is 6.77. The number of anilines is 1. The van der Waals surface area contributed by atoms with Gasteiger partial charge in [-0.2, -0.15) is 12.7 Å². The molecule has 1 N–H and O–H groups in total. The van der Waals surface area contributed by atoms with Crippen LogP contribution >= 0.6 is 0 Å². The molecule has 31 heavy (non-hydrogen) atoms. The van der Waals surface area contributed by atoms with Gasteiger partial charge in [-0.05, 0) is 31.5 Å². The Morgan fingerprint density at radius 3 is 2.10 bits per heavy atom. The molecule has 0 fully saturated rings. The van der Waals surface area contributed by atoms with E-state index in [0.29, 0.717) is 5.69 Å². The number of likely N-dealkylation sites (N-methyl/N-ethyl adjacent to an activating group) is 1. The molecule has 0 aliphatic rings. The van der Waals surface area contributed by atoms with E-state index in [1.165, 1.54) is 26.0 Å². The summed E-state index contributed by atoms with van der Waals surface area (Å²) in [6.07, 6.45) is 0. The quantitative estimate of drug-likeness (QED) is 0.636. The van der Waals surface area contributed by atoms with E-state index >= 15 is 0 Å². The largest absolute Gasteiger partial charge is 0.357 e. The predicted molar refractivity (Wildman–Crippen MR) is 122 cm³/mol. The monoisotopic (exact) mass is 446 g/mol. The maximum Gasteiger partial charge on any atom is 0.304 e. The summed E-state index contributed by atoms with van der Waals surface area (Å²) in [6.45, 7) is 3.33. The Labute approximate surface area is 184 Å². The van der Waals surface area contributed by atoms with Gasteiger partial charge < -0.3 is 10.2 Å². The summed E-state index contributed by atoms with van der Waals surface area (Å²) in [5, 5.41) is 2.56. The molecule has 2 rings (SSSR count). The number of benzene rings is 2. The van der Waals surface area contributed by atoms with Crippen LogP contribution in [-0.4, -0.2) is 63.2 Å². The summed E-state index contributed by atoms with van der Waals surface area (Å²) in [6, 6.07) is 15.3. The smallest absolute Gasteiger partial charge is 0.304 e. The summed E-state index contributed by atoms with van der Waals surface area (Å²) in [7, 11) is 0.388. The summed E-state index contributed by atoms with van der Waals surface area (Å²) in [5.74, 6) is -0.812. The molecule has 0 saturated carbocycles. The summed E-state index contributed by atoms with van der Waals surface area (Å²) in [5.41, 5.74) is 2.29. The fraction of sp³-hybridized carbons (Fsp3) is 0.364. The highest BCUT2D eigenvalue weighted by Gasteiger charge is 2.32. The van der Waals surface area contributed by atoms with Gasteiger partial charge in [0.1, 0.15) is 12.6 Å². The first kappa shape index (κ1) is 24.4. The van der Waals surface area contributed by atoms with E-state index in [0.717, 1.165) is 19.7 Å². The lowest BCUT2D eigenvalue weighted by Gasteiger charge is -2.32. The van der Waals surface area contributed by atoms with Gasteiger partial charge in [0.2, 0.25) is 11.8 Å². The molecule has 0 heterocycles. The third-order valence-electron chi connectivity index (χ3n) is 4.95. The minimum Gasteiger partial charge on any atom is -0.357 e. The van der Waals surface area contributed by atoms with Gasteiger partial charge in [-0.3, -0.25) is 9.59 Å². The van der Waals surface area contributed by atoms with Crippen LogP contribution in [0.5, 0.6) is 0 Å². The Kier molecular flexibility index (Phi) is 8.18. The number of carbonyl (C=O) groups excluding carboxylic acids is 2. The lowest BCUT2D eigenvalue weighted by molar-refractivity contribution is -0.139. The van der Waals surface area contributed by atoms with Crippen molar-refractivity contribution in [2.24, 2.45) is 0 Å². The zero-order chi connectivity index (χ0) is 23.2. The van der Waals surface area contributed by atoms with Crippen LogP contribution in [0.1, 0.15) is 18.1 Å². The van der Waals surface area contributed by atoms with Gasteiger partial charge in [-0.25, -0.2) is 4.31 Å². The maximum atomic E-state index is 13.4. The maximum absolute atomic E-state index is 13.4. The van der Waals surface area contributed by atoms with Crippen molar-refractivity contribution in [1.29, 1.82) is 0 Å². The molecule has 0 spiro atoms. The lowest BCUT2D eigenvalue weighted by Crippen LogP contribution is -2.52. The fourth-order valence-electron chi connectivity index (χ4n) is 2.99. The molecular weight excluding hydrogens is 416 g/mol. The van der Waals surface area contributed by atoms with E-state index in [2.05, 4.69) is 5.32 Å². The number of amides is 2. The van der Waals surface area contributed by atoms with E-state index in [1.807, 2.05) is 31.2 Å². The van der Waals surface area contributed by atoms with Crippen LogP contribution in [0.25, 0.3) is 0 Å². The molecule has 1 atom stereocenters. The Hall–Kier alpha value is -2.91. The van der Waals surface area contributed by atoms with Gasteiger partial charge >= 0.3 is 10.2 Å². The Morgan fingerprint density at radius 2 is 1.58 bits per heavy atom. The Morgan fingerprint density at radius 1 is 1.00 bits per heavy atom. The fourth-order valence-corrected chi connectivity index (χ4v) is 4.05. The minimum absolute atomic E-state index is 0.179. The van der Waals surface area contributed by atoms with Crippen molar-refractivity contribution < 1.29 is 18.0 Å². The summed E-state index contributed by atoms with van der Waals surface area (Å²) in [4.78, 5) is 27.1. The van der Waals surface area contributed by atoms with Crippen LogP contribution in [-0.2, 0) is 26.3 Å². The van der Waals surface area contributed by atoms with Crippen LogP contribution in [0.4, 0.5) is 5.69 Å². The Bertz CT molecular complexity index is 992. The van der Waals surface area contributed by atoms with Crippen LogP contribution in [0, 0.1) is 6.92 Å². The minimum atomic E-state index is -3.93. The van der Waals surface area contributed by atoms with Crippen LogP contribution in [0.3, 0.4) is 0 Å². The van der Waals surface area contributed by atoms with E-state index in [-0.39, 0.29) is 12.5 Å². The molecule has 2 aromatic carbocycles. The van der Waals surface area contributed by atoms with Crippen molar-refractivity contribution in [3.05, 3.63) is 65.7 Å². The number of hydrogen-bond donors (Lipinski definition) is 1. The van der Waals surface area contributed by atoms with E-state index in [1.54, 1.807) is 37.3 Å². The van der Waals surface area contributed by atoms with Crippen LogP contribution in [0.2, 0.25) is 0 Å². The first-order valence-electron chi connectivity index (χ1n) is 9.89. The molecule has 2 amide bonds. The molecule has 2 aromatic rings. The first-order chi connectivity index (χ1) is 14.6. The zero-order valence-electron chi connectivity index (χ0n) is 18.6. The van der Waals surface area contributed by atoms with Crippen molar-refractivity contribution in [2.45, 2.75) is 26.4 Å². The molecule has 0 aliphatic carbocycles. The van der Waals surface area contributed by atoms with Crippen molar-refractivity contribution in [2.75, 3.05) is 32.0 Å². The number of nitrogens with one attached hydrogen (secondary N) is 1. The molecule has 8 nitrogen and oxygen atoms in total. The summed E-state index contributed by atoms with van der Waals surface area (Å²) < 4.78 is 28.0. The highest BCUT2D eigenvalue weighted by molar-refractivity contribution is 7.90. The van der Waals surface area contributed by atoms with E-state index in [9.17, 15) is 18.0 Å². The molecule has 168 valence electrons. The normalized spacial score (nSPS) is 12.3. The van der Waals surface area contributed by atoms with Crippen molar-refractivity contribution >= 4 is 27.7 Å². The van der Waals surface area contributed by atoms with Crippen molar-refractivity contribution in [1.82, 2.24) is 14.5 Å². The number of carbonyl (C=O) groups is 2. The van der Waals surface area contributed by atoms with Gasteiger partial charge in [-0.1, -0.05) is 48.0 Å². The first-order valence-corrected chi connectivity index (χ1v) is 11.3. The molecular formula is C22H30N4O4S. The Balaban J connectivity index is 2.40. The third kappa shape index (κ3) is 6.05.